The third kappa shape index (κ3) is 2.34. The van der Waals surface area contributed by atoms with Gasteiger partial charge >= 0.3 is 0 Å². The molecule has 1 amide bonds. The minimum atomic E-state index is -0.594. The quantitative estimate of drug-likeness (QED) is 0.430. The molecule has 1 aromatic carbocycles. The van der Waals surface area contributed by atoms with Gasteiger partial charge in [-0.3, -0.25) is 10.2 Å². The van der Waals surface area contributed by atoms with Crippen molar-refractivity contribution in [1.82, 2.24) is 5.43 Å². The highest BCUT2D eigenvalue weighted by Crippen LogP contribution is 2.33. The molecule has 1 atom stereocenters. The molecule has 0 saturated carbocycles. The summed E-state index contributed by atoms with van der Waals surface area (Å²) in [5, 5.41) is 0. The largest absolute Gasteiger partial charge is 0.490 e. The van der Waals surface area contributed by atoms with Crippen molar-refractivity contribution in [3.63, 3.8) is 0 Å². The highest BCUT2D eigenvalue weighted by Gasteiger charge is 2.24. The lowest BCUT2D eigenvalue weighted by Gasteiger charge is -2.15. The zero-order valence-electron chi connectivity index (χ0n) is 9.95. The molecule has 1 heterocycles. The van der Waals surface area contributed by atoms with Gasteiger partial charge in [-0.05, 0) is 37.1 Å². The SMILES string of the molecule is Cc1cc2c(cc1C)OC(C(=O)NN)CCO2. The lowest BCUT2D eigenvalue weighted by molar-refractivity contribution is -0.128. The first-order valence-electron chi connectivity index (χ1n) is 5.53. The molecule has 1 aromatic rings. The summed E-state index contributed by atoms with van der Waals surface area (Å²) in [6.07, 6.45) is -0.112. The molecule has 5 nitrogen and oxygen atoms in total. The van der Waals surface area contributed by atoms with Crippen LogP contribution in [0.2, 0.25) is 0 Å². The second kappa shape index (κ2) is 4.63. The Morgan fingerprint density at radius 1 is 1.35 bits per heavy atom. The number of hydrazine groups is 1. The zero-order valence-corrected chi connectivity index (χ0v) is 9.95. The molecule has 5 heteroatoms. The number of nitrogens with two attached hydrogens (primary N) is 1. The molecule has 0 aromatic heterocycles. The van der Waals surface area contributed by atoms with E-state index in [4.69, 9.17) is 15.3 Å². The molecule has 0 saturated heterocycles. The normalized spacial score (nSPS) is 18.4. The smallest absolute Gasteiger partial charge is 0.275 e. The van der Waals surface area contributed by atoms with E-state index in [2.05, 4.69) is 5.43 Å². The number of carbonyl (C=O) groups excluding carboxylic acids is 1. The van der Waals surface area contributed by atoms with E-state index in [1.165, 1.54) is 0 Å². The number of ether oxygens (including phenoxy) is 2. The summed E-state index contributed by atoms with van der Waals surface area (Å²) < 4.78 is 11.2. The number of benzene rings is 1. The van der Waals surface area contributed by atoms with Gasteiger partial charge in [0.2, 0.25) is 0 Å². The average Bonchev–Trinajstić information content (AvgIpc) is 2.51. The number of rotatable bonds is 1. The third-order valence-electron chi connectivity index (χ3n) is 2.90. The Labute approximate surface area is 99.9 Å². The molecule has 0 spiro atoms. The van der Waals surface area contributed by atoms with E-state index >= 15 is 0 Å². The molecule has 0 aliphatic carbocycles. The van der Waals surface area contributed by atoms with Gasteiger partial charge in [0.1, 0.15) is 0 Å². The van der Waals surface area contributed by atoms with Crippen molar-refractivity contribution in [2.24, 2.45) is 5.84 Å². The highest BCUT2D eigenvalue weighted by atomic mass is 16.5. The fraction of sp³-hybridized carbons (Fsp3) is 0.417. The molecular formula is C12H16N2O3. The van der Waals surface area contributed by atoms with Crippen LogP contribution in [-0.4, -0.2) is 18.6 Å². The number of nitrogens with one attached hydrogen (secondary N) is 1. The van der Waals surface area contributed by atoms with Gasteiger partial charge in [0, 0.05) is 6.42 Å². The van der Waals surface area contributed by atoms with Crippen LogP contribution in [0.1, 0.15) is 17.5 Å². The lowest BCUT2D eigenvalue weighted by atomic mass is 10.1. The van der Waals surface area contributed by atoms with Crippen molar-refractivity contribution in [2.45, 2.75) is 26.4 Å². The van der Waals surface area contributed by atoms with Gasteiger partial charge in [-0.1, -0.05) is 0 Å². The molecule has 0 fully saturated rings. The number of carbonyl (C=O) groups is 1. The summed E-state index contributed by atoms with van der Waals surface area (Å²) >= 11 is 0. The second-order valence-electron chi connectivity index (χ2n) is 4.14. The first kappa shape index (κ1) is 11.7. The summed E-state index contributed by atoms with van der Waals surface area (Å²) in [6, 6.07) is 3.81. The van der Waals surface area contributed by atoms with Crippen LogP contribution in [-0.2, 0) is 4.79 Å². The zero-order chi connectivity index (χ0) is 12.4. The minimum absolute atomic E-state index is 0.334. The maximum absolute atomic E-state index is 11.5. The van der Waals surface area contributed by atoms with Crippen molar-refractivity contribution in [3.05, 3.63) is 23.3 Å². The van der Waals surface area contributed by atoms with Crippen molar-refractivity contribution in [3.8, 4) is 11.5 Å². The van der Waals surface area contributed by atoms with Crippen LogP contribution in [0.3, 0.4) is 0 Å². The van der Waals surface area contributed by atoms with Crippen LogP contribution in [0.5, 0.6) is 11.5 Å². The first-order chi connectivity index (χ1) is 8.11. The van der Waals surface area contributed by atoms with E-state index in [9.17, 15) is 4.79 Å². The lowest BCUT2D eigenvalue weighted by Crippen LogP contribution is -2.42. The second-order valence-corrected chi connectivity index (χ2v) is 4.14. The fourth-order valence-corrected chi connectivity index (χ4v) is 1.73. The van der Waals surface area contributed by atoms with Gasteiger partial charge in [0.15, 0.2) is 17.6 Å². The van der Waals surface area contributed by atoms with Crippen LogP contribution < -0.4 is 20.7 Å². The van der Waals surface area contributed by atoms with Gasteiger partial charge in [-0.25, -0.2) is 5.84 Å². The molecule has 92 valence electrons. The van der Waals surface area contributed by atoms with Gasteiger partial charge in [-0.2, -0.15) is 0 Å². The summed E-state index contributed by atoms with van der Waals surface area (Å²) in [5.41, 5.74) is 4.33. The van der Waals surface area contributed by atoms with Crippen molar-refractivity contribution in [1.29, 1.82) is 0 Å². The Balaban J connectivity index is 2.31. The molecule has 1 aliphatic heterocycles. The van der Waals surface area contributed by atoms with Crippen LogP contribution in [0.25, 0.3) is 0 Å². The number of amides is 1. The van der Waals surface area contributed by atoms with E-state index < -0.39 is 6.10 Å². The highest BCUT2D eigenvalue weighted by molar-refractivity contribution is 5.80. The minimum Gasteiger partial charge on any atom is -0.490 e. The first-order valence-corrected chi connectivity index (χ1v) is 5.53. The Bertz CT molecular complexity index is 446. The summed E-state index contributed by atoms with van der Waals surface area (Å²) in [5.74, 6) is 6.05. The molecule has 17 heavy (non-hydrogen) atoms. The molecule has 2 rings (SSSR count). The number of fused-ring (bicyclic) bond motifs is 1. The van der Waals surface area contributed by atoms with E-state index in [0.717, 1.165) is 11.1 Å². The van der Waals surface area contributed by atoms with Gasteiger partial charge in [-0.15, -0.1) is 0 Å². The van der Waals surface area contributed by atoms with Gasteiger partial charge in [0.25, 0.3) is 5.91 Å². The van der Waals surface area contributed by atoms with E-state index in [0.29, 0.717) is 24.5 Å². The average molecular weight is 236 g/mol. The summed E-state index contributed by atoms with van der Waals surface area (Å²) in [6.45, 7) is 4.43. The third-order valence-corrected chi connectivity index (χ3v) is 2.90. The molecule has 3 N–H and O–H groups in total. The topological polar surface area (TPSA) is 73.6 Å². The Hall–Kier alpha value is -1.75. The maximum atomic E-state index is 11.5. The molecule has 1 unspecified atom stereocenters. The van der Waals surface area contributed by atoms with Crippen molar-refractivity contribution >= 4 is 5.91 Å². The van der Waals surface area contributed by atoms with Crippen molar-refractivity contribution in [2.75, 3.05) is 6.61 Å². The fourth-order valence-electron chi connectivity index (χ4n) is 1.73. The summed E-state index contributed by atoms with van der Waals surface area (Å²) in [4.78, 5) is 11.5. The number of hydrogen-bond donors (Lipinski definition) is 2. The van der Waals surface area contributed by atoms with Crippen molar-refractivity contribution < 1.29 is 14.3 Å². The van der Waals surface area contributed by atoms with Gasteiger partial charge in [0.05, 0.1) is 6.61 Å². The molecular weight excluding hydrogens is 220 g/mol. The van der Waals surface area contributed by atoms with Crippen LogP contribution in [0.4, 0.5) is 0 Å². The van der Waals surface area contributed by atoms with Crippen LogP contribution in [0.15, 0.2) is 12.1 Å². The number of hydrogen-bond acceptors (Lipinski definition) is 4. The van der Waals surface area contributed by atoms with E-state index in [1.54, 1.807) is 0 Å². The molecule has 1 aliphatic rings. The molecule has 0 radical (unpaired) electrons. The monoisotopic (exact) mass is 236 g/mol. The predicted octanol–water partition coefficient (Wildman–Crippen LogP) is 0.823. The van der Waals surface area contributed by atoms with E-state index in [-0.39, 0.29) is 5.91 Å². The van der Waals surface area contributed by atoms with Crippen LogP contribution in [0, 0.1) is 13.8 Å². The maximum Gasteiger partial charge on any atom is 0.275 e. The van der Waals surface area contributed by atoms with Gasteiger partial charge < -0.3 is 9.47 Å². The van der Waals surface area contributed by atoms with Crippen LogP contribution >= 0.6 is 0 Å². The Kier molecular flexibility index (Phi) is 3.19. The standard InChI is InChI=1S/C12H16N2O3/c1-7-5-10-11(6-8(7)2)17-9(3-4-16-10)12(15)14-13/h5-6,9H,3-4,13H2,1-2H3,(H,14,15). The van der Waals surface area contributed by atoms with E-state index in [1.807, 2.05) is 26.0 Å². The molecule has 0 bridgehead atoms. The Morgan fingerprint density at radius 3 is 2.65 bits per heavy atom. The summed E-state index contributed by atoms with van der Waals surface area (Å²) in [7, 11) is 0. The number of aryl methyl sites for hydroxylation is 2. The predicted molar refractivity (Wildman–Crippen MR) is 62.8 cm³/mol. The Morgan fingerprint density at radius 2 is 2.00 bits per heavy atom.